The molecule has 0 N–H and O–H groups in total. The number of esters is 1. The van der Waals surface area contributed by atoms with E-state index in [-0.39, 0.29) is 6.04 Å². The molecule has 0 saturated carbocycles. The topological polar surface area (TPSA) is 55.8 Å². The lowest BCUT2D eigenvalue weighted by Crippen LogP contribution is -2.42. The second-order valence-corrected chi connectivity index (χ2v) is 6.50. The minimum atomic E-state index is -0.574. The number of rotatable bonds is 2. The van der Waals surface area contributed by atoms with Crippen LogP contribution in [0.1, 0.15) is 27.7 Å². The SMILES string of the molecule is CCOC(=O)C1=C(Br)[C@@H]2C=C[C@H]1N2C(=O)OC(C)(C)C. The minimum absolute atomic E-state index is 0.283. The average molecular weight is 344 g/mol. The lowest BCUT2D eigenvalue weighted by Gasteiger charge is -2.28. The Balaban J connectivity index is 2.19. The maximum absolute atomic E-state index is 12.3. The summed E-state index contributed by atoms with van der Waals surface area (Å²) in [5.74, 6) is -0.398. The number of halogens is 1. The van der Waals surface area contributed by atoms with Gasteiger partial charge in [-0.2, -0.15) is 0 Å². The molecular weight excluding hydrogens is 326 g/mol. The molecule has 2 rings (SSSR count). The van der Waals surface area contributed by atoms with Gasteiger partial charge in [-0.25, -0.2) is 9.59 Å². The van der Waals surface area contributed by atoms with Gasteiger partial charge in [0, 0.05) is 4.48 Å². The van der Waals surface area contributed by atoms with E-state index in [1.54, 1.807) is 11.8 Å². The summed E-state index contributed by atoms with van der Waals surface area (Å²) in [6, 6.07) is -0.697. The Morgan fingerprint density at radius 1 is 1.30 bits per heavy atom. The molecule has 2 aliphatic rings. The molecule has 0 radical (unpaired) electrons. The maximum Gasteiger partial charge on any atom is 0.411 e. The Morgan fingerprint density at radius 2 is 1.90 bits per heavy atom. The monoisotopic (exact) mass is 343 g/mol. The van der Waals surface area contributed by atoms with Crippen molar-refractivity contribution >= 4 is 28.0 Å². The van der Waals surface area contributed by atoms with Gasteiger partial charge in [0.05, 0.1) is 24.3 Å². The van der Waals surface area contributed by atoms with Crippen LogP contribution in [-0.2, 0) is 14.3 Å². The molecule has 0 aromatic carbocycles. The van der Waals surface area contributed by atoms with Crippen LogP contribution < -0.4 is 0 Å². The van der Waals surface area contributed by atoms with Gasteiger partial charge in [0.25, 0.3) is 0 Å². The van der Waals surface area contributed by atoms with Gasteiger partial charge in [-0.1, -0.05) is 28.1 Å². The van der Waals surface area contributed by atoms with Crippen LogP contribution in [-0.4, -0.2) is 41.3 Å². The lowest BCUT2D eigenvalue weighted by atomic mass is 10.1. The van der Waals surface area contributed by atoms with Gasteiger partial charge in [0.2, 0.25) is 0 Å². The first kappa shape index (κ1) is 15.1. The summed E-state index contributed by atoms with van der Waals surface area (Å²) in [6.07, 6.45) is 3.27. The molecule has 6 heteroatoms. The third-order valence-corrected chi connectivity index (χ3v) is 3.88. The third-order valence-electron chi connectivity index (χ3n) is 2.99. The molecule has 1 amide bonds. The summed E-state index contributed by atoms with van der Waals surface area (Å²) >= 11 is 3.40. The van der Waals surface area contributed by atoms with Gasteiger partial charge in [-0.15, -0.1) is 0 Å². The number of nitrogens with zero attached hydrogens (tertiary/aromatic N) is 1. The van der Waals surface area contributed by atoms with Gasteiger partial charge in [0.1, 0.15) is 5.60 Å². The van der Waals surface area contributed by atoms with E-state index in [4.69, 9.17) is 9.47 Å². The molecule has 0 aliphatic carbocycles. The first-order chi connectivity index (χ1) is 9.26. The highest BCUT2D eigenvalue weighted by Gasteiger charge is 2.48. The molecule has 0 fully saturated rings. The largest absolute Gasteiger partial charge is 0.463 e. The molecule has 2 atom stereocenters. The van der Waals surface area contributed by atoms with Crippen LogP contribution in [0.25, 0.3) is 0 Å². The summed E-state index contributed by atoms with van der Waals surface area (Å²) in [4.78, 5) is 25.8. The highest BCUT2D eigenvalue weighted by Crippen LogP contribution is 2.41. The second kappa shape index (κ2) is 5.24. The Hall–Kier alpha value is -1.30. The van der Waals surface area contributed by atoms with Crippen molar-refractivity contribution in [2.45, 2.75) is 45.4 Å². The fourth-order valence-corrected chi connectivity index (χ4v) is 3.05. The molecule has 2 aliphatic heterocycles. The normalized spacial score (nSPS) is 24.4. The van der Waals surface area contributed by atoms with Crippen LogP contribution in [0.15, 0.2) is 22.2 Å². The molecule has 5 nitrogen and oxygen atoms in total. The Kier molecular flexibility index (Phi) is 3.95. The van der Waals surface area contributed by atoms with Crippen molar-refractivity contribution in [1.82, 2.24) is 4.90 Å². The molecule has 110 valence electrons. The summed E-state index contributed by atoms with van der Waals surface area (Å²) in [7, 11) is 0. The number of hydrogen-bond acceptors (Lipinski definition) is 4. The van der Waals surface area contributed by atoms with Gasteiger partial charge in [0.15, 0.2) is 0 Å². The lowest BCUT2D eigenvalue weighted by molar-refractivity contribution is -0.138. The van der Waals surface area contributed by atoms with Crippen LogP contribution in [0.2, 0.25) is 0 Å². The molecule has 0 aromatic rings. The molecule has 20 heavy (non-hydrogen) atoms. The fraction of sp³-hybridized carbons (Fsp3) is 0.571. The number of carbonyl (C=O) groups is 2. The average Bonchev–Trinajstić information content (AvgIpc) is 2.82. The summed E-state index contributed by atoms with van der Waals surface area (Å²) < 4.78 is 11.1. The Labute approximate surface area is 126 Å². The quantitative estimate of drug-likeness (QED) is 0.571. The molecule has 2 heterocycles. The third kappa shape index (κ3) is 2.61. The number of ether oxygens (including phenoxy) is 2. The second-order valence-electron chi connectivity index (χ2n) is 5.64. The van der Waals surface area contributed by atoms with E-state index in [0.29, 0.717) is 16.7 Å². The van der Waals surface area contributed by atoms with Gasteiger partial charge < -0.3 is 9.47 Å². The number of carbonyl (C=O) groups excluding carboxylic acids is 2. The number of fused-ring (bicyclic) bond motifs is 2. The smallest absolute Gasteiger partial charge is 0.411 e. The minimum Gasteiger partial charge on any atom is -0.463 e. The van der Waals surface area contributed by atoms with E-state index in [9.17, 15) is 9.59 Å². The van der Waals surface area contributed by atoms with E-state index in [0.717, 1.165) is 0 Å². The van der Waals surface area contributed by atoms with Crippen LogP contribution >= 0.6 is 15.9 Å². The highest BCUT2D eigenvalue weighted by atomic mass is 79.9. The van der Waals surface area contributed by atoms with Crippen molar-refractivity contribution in [3.63, 3.8) is 0 Å². The van der Waals surface area contributed by atoms with Crippen molar-refractivity contribution in [3.8, 4) is 0 Å². The van der Waals surface area contributed by atoms with Gasteiger partial charge in [-0.05, 0) is 27.7 Å². The Morgan fingerprint density at radius 3 is 2.45 bits per heavy atom. The maximum atomic E-state index is 12.3. The molecule has 2 bridgehead atoms. The molecular formula is C14H18BrNO4. The first-order valence-electron chi connectivity index (χ1n) is 6.52. The van der Waals surface area contributed by atoms with E-state index < -0.39 is 23.7 Å². The predicted octanol–water partition coefficient (Wildman–Crippen LogP) is 2.76. The Bertz CT molecular complexity index is 504. The van der Waals surface area contributed by atoms with Crippen LogP contribution in [0.3, 0.4) is 0 Å². The zero-order chi connectivity index (χ0) is 15.1. The van der Waals surface area contributed by atoms with E-state index >= 15 is 0 Å². The molecule has 0 saturated heterocycles. The fourth-order valence-electron chi connectivity index (χ4n) is 2.28. The summed E-state index contributed by atoms with van der Waals surface area (Å²) in [5.41, 5.74) is -0.0967. The van der Waals surface area contributed by atoms with Gasteiger partial charge in [-0.3, -0.25) is 4.90 Å². The molecule has 0 unspecified atom stereocenters. The van der Waals surface area contributed by atoms with Crippen LogP contribution in [0.4, 0.5) is 4.79 Å². The summed E-state index contributed by atoms with van der Waals surface area (Å²) in [6.45, 7) is 7.48. The van der Waals surface area contributed by atoms with Crippen molar-refractivity contribution in [3.05, 3.63) is 22.2 Å². The van der Waals surface area contributed by atoms with Crippen molar-refractivity contribution in [1.29, 1.82) is 0 Å². The van der Waals surface area contributed by atoms with Crippen molar-refractivity contribution in [2.75, 3.05) is 6.61 Å². The zero-order valence-corrected chi connectivity index (χ0v) is 13.6. The summed E-state index contributed by atoms with van der Waals surface area (Å²) in [5, 5.41) is 0. The predicted molar refractivity (Wildman–Crippen MR) is 77.4 cm³/mol. The zero-order valence-electron chi connectivity index (χ0n) is 12.0. The first-order valence-corrected chi connectivity index (χ1v) is 7.32. The van der Waals surface area contributed by atoms with E-state index in [1.807, 2.05) is 32.9 Å². The van der Waals surface area contributed by atoms with E-state index in [2.05, 4.69) is 15.9 Å². The van der Waals surface area contributed by atoms with Gasteiger partial charge >= 0.3 is 12.1 Å². The van der Waals surface area contributed by atoms with E-state index in [1.165, 1.54) is 0 Å². The van der Waals surface area contributed by atoms with Crippen molar-refractivity contribution in [2.24, 2.45) is 0 Å². The molecule has 0 spiro atoms. The number of hydrogen-bond donors (Lipinski definition) is 0. The standard InChI is InChI=1S/C14H18BrNO4/c1-5-19-12(17)10-8-6-7-9(11(10)15)16(8)13(18)20-14(2,3)4/h6-9H,5H2,1-4H3/t8-,9+/m1/s1. The molecule has 0 aromatic heterocycles. The van der Waals surface area contributed by atoms with Crippen LogP contribution in [0.5, 0.6) is 0 Å². The number of amides is 1. The van der Waals surface area contributed by atoms with Crippen LogP contribution in [0, 0.1) is 0 Å². The van der Waals surface area contributed by atoms with Crippen molar-refractivity contribution < 1.29 is 19.1 Å². The highest BCUT2D eigenvalue weighted by molar-refractivity contribution is 9.11.